The lowest BCUT2D eigenvalue weighted by Crippen LogP contribution is -2.50. The minimum Gasteiger partial charge on any atom is -0.379 e. The molecule has 0 bridgehead atoms. The molecule has 0 spiro atoms. The largest absolute Gasteiger partial charge is 0.379 e. The van der Waals surface area contributed by atoms with E-state index < -0.39 is 0 Å². The van der Waals surface area contributed by atoms with E-state index in [2.05, 4.69) is 24.3 Å². The summed E-state index contributed by atoms with van der Waals surface area (Å²) in [5, 5.41) is 0. The van der Waals surface area contributed by atoms with Crippen molar-refractivity contribution in [1.29, 1.82) is 0 Å². The molecule has 2 aliphatic heterocycles. The molecule has 16 heavy (non-hydrogen) atoms. The lowest BCUT2D eigenvalue weighted by atomic mass is 9.79. The molecule has 86 valence electrons. The van der Waals surface area contributed by atoms with Gasteiger partial charge < -0.3 is 14.2 Å². The van der Waals surface area contributed by atoms with Gasteiger partial charge in [-0.3, -0.25) is 0 Å². The van der Waals surface area contributed by atoms with E-state index in [-0.39, 0.29) is 5.41 Å². The minimum atomic E-state index is 0.0795. The lowest BCUT2D eigenvalue weighted by Gasteiger charge is -2.41. The van der Waals surface area contributed by atoms with Gasteiger partial charge in [-0.1, -0.05) is 30.3 Å². The summed E-state index contributed by atoms with van der Waals surface area (Å²) in [6, 6.07) is 10.5. The van der Waals surface area contributed by atoms with Crippen molar-refractivity contribution in [1.82, 2.24) is 0 Å². The van der Waals surface area contributed by atoms with E-state index in [0.717, 1.165) is 26.4 Å². The zero-order valence-corrected chi connectivity index (χ0v) is 9.22. The monoisotopic (exact) mass is 220 g/mol. The molecular formula is C13H16O3. The van der Waals surface area contributed by atoms with Crippen molar-refractivity contribution in [3.05, 3.63) is 35.9 Å². The van der Waals surface area contributed by atoms with Gasteiger partial charge >= 0.3 is 0 Å². The maximum atomic E-state index is 5.71. The Hall–Kier alpha value is -0.900. The van der Waals surface area contributed by atoms with Crippen LogP contribution in [-0.4, -0.2) is 39.1 Å². The van der Waals surface area contributed by atoms with Crippen LogP contribution in [0.3, 0.4) is 0 Å². The van der Waals surface area contributed by atoms with Gasteiger partial charge in [-0.25, -0.2) is 0 Å². The summed E-state index contributed by atoms with van der Waals surface area (Å²) in [4.78, 5) is 0. The topological polar surface area (TPSA) is 31.0 Å². The van der Waals surface area contributed by atoms with E-state index in [1.807, 2.05) is 6.07 Å². The van der Waals surface area contributed by atoms with Gasteiger partial charge in [0.25, 0.3) is 0 Å². The SMILES string of the molecule is c1ccc(C2(COCC3CO3)COC2)cc1. The first kappa shape index (κ1) is 10.3. The second kappa shape index (κ2) is 4.17. The van der Waals surface area contributed by atoms with E-state index in [1.54, 1.807) is 0 Å². The zero-order valence-electron chi connectivity index (χ0n) is 9.22. The molecule has 1 aromatic carbocycles. The molecular weight excluding hydrogens is 204 g/mol. The molecule has 0 saturated carbocycles. The third-order valence-corrected chi connectivity index (χ3v) is 3.23. The van der Waals surface area contributed by atoms with E-state index in [1.165, 1.54) is 5.56 Å². The highest BCUT2D eigenvalue weighted by Crippen LogP contribution is 2.32. The number of hydrogen-bond acceptors (Lipinski definition) is 3. The van der Waals surface area contributed by atoms with Crippen molar-refractivity contribution in [2.24, 2.45) is 0 Å². The van der Waals surface area contributed by atoms with Crippen LogP contribution in [0.4, 0.5) is 0 Å². The Morgan fingerprint density at radius 1 is 1.25 bits per heavy atom. The summed E-state index contributed by atoms with van der Waals surface area (Å²) >= 11 is 0. The molecule has 2 aliphatic rings. The molecule has 0 aromatic heterocycles. The molecule has 2 heterocycles. The lowest BCUT2D eigenvalue weighted by molar-refractivity contribution is -0.0997. The Morgan fingerprint density at radius 2 is 2.00 bits per heavy atom. The predicted molar refractivity (Wildman–Crippen MR) is 59.5 cm³/mol. The average molecular weight is 220 g/mol. The first-order chi connectivity index (χ1) is 7.89. The summed E-state index contributed by atoms with van der Waals surface area (Å²) in [5.74, 6) is 0. The molecule has 0 N–H and O–H groups in total. The highest BCUT2D eigenvalue weighted by molar-refractivity contribution is 5.28. The number of benzene rings is 1. The van der Waals surface area contributed by atoms with E-state index >= 15 is 0 Å². The molecule has 2 saturated heterocycles. The van der Waals surface area contributed by atoms with Crippen molar-refractivity contribution in [3.8, 4) is 0 Å². The van der Waals surface area contributed by atoms with Gasteiger partial charge in [0, 0.05) is 0 Å². The first-order valence-corrected chi connectivity index (χ1v) is 5.72. The normalized spacial score (nSPS) is 26.1. The summed E-state index contributed by atoms with van der Waals surface area (Å²) in [5.41, 5.74) is 1.40. The quantitative estimate of drug-likeness (QED) is 0.702. The van der Waals surface area contributed by atoms with Crippen molar-refractivity contribution in [2.45, 2.75) is 11.5 Å². The molecule has 3 nitrogen and oxygen atoms in total. The maximum Gasteiger partial charge on any atom is 0.104 e. The molecule has 3 rings (SSSR count). The van der Waals surface area contributed by atoms with Crippen LogP contribution in [0.25, 0.3) is 0 Å². The Kier molecular flexibility index (Phi) is 2.67. The van der Waals surface area contributed by atoms with Crippen LogP contribution >= 0.6 is 0 Å². The van der Waals surface area contributed by atoms with Crippen molar-refractivity contribution in [2.75, 3.05) is 33.0 Å². The molecule has 2 fully saturated rings. The fraction of sp³-hybridized carbons (Fsp3) is 0.538. The smallest absolute Gasteiger partial charge is 0.104 e. The molecule has 1 atom stereocenters. The van der Waals surface area contributed by atoms with E-state index in [4.69, 9.17) is 14.2 Å². The van der Waals surface area contributed by atoms with Crippen molar-refractivity contribution < 1.29 is 14.2 Å². The third-order valence-electron chi connectivity index (χ3n) is 3.23. The molecule has 0 radical (unpaired) electrons. The highest BCUT2D eigenvalue weighted by atomic mass is 16.6. The van der Waals surface area contributed by atoms with Gasteiger partial charge in [-0.15, -0.1) is 0 Å². The van der Waals surface area contributed by atoms with Crippen molar-refractivity contribution >= 4 is 0 Å². The van der Waals surface area contributed by atoms with Gasteiger partial charge in [0.2, 0.25) is 0 Å². The summed E-state index contributed by atoms with van der Waals surface area (Å²) < 4.78 is 16.2. The van der Waals surface area contributed by atoms with Crippen LogP contribution in [0.15, 0.2) is 30.3 Å². The Balaban J connectivity index is 1.63. The minimum absolute atomic E-state index is 0.0795. The van der Waals surface area contributed by atoms with E-state index in [0.29, 0.717) is 12.7 Å². The second-order valence-electron chi connectivity index (χ2n) is 4.61. The van der Waals surface area contributed by atoms with Crippen molar-refractivity contribution in [3.63, 3.8) is 0 Å². The standard InChI is InChI=1S/C13H16O3/c1-2-4-11(5-3-1)13(9-15-10-13)8-14-6-12-7-16-12/h1-5,12H,6-10H2. The first-order valence-electron chi connectivity index (χ1n) is 5.72. The van der Waals surface area contributed by atoms with Gasteiger partial charge in [-0.2, -0.15) is 0 Å². The van der Waals surface area contributed by atoms with Crippen LogP contribution in [0, 0.1) is 0 Å². The second-order valence-corrected chi connectivity index (χ2v) is 4.61. The Bertz CT molecular complexity index is 341. The Labute approximate surface area is 95.3 Å². The zero-order chi connectivity index (χ0) is 10.8. The highest BCUT2D eigenvalue weighted by Gasteiger charge is 2.41. The van der Waals surface area contributed by atoms with Crippen LogP contribution in [0.2, 0.25) is 0 Å². The van der Waals surface area contributed by atoms with Gasteiger partial charge in [0.05, 0.1) is 38.4 Å². The molecule has 3 heteroatoms. The van der Waals surface area contributed by atoms with Crippen LogP contribution < -0.4 is 0 Å². The number of rotatable bonds is 5. The van der Waals surface area contributed by atoms with Gasteiger partial charge in [-0.05, 0) is 5.56 Å². The van der Waals surface area contributed by atoms with Gasteiger partial charge in [0.15, 0.2) is 0 Å². The summed E-state index contributed by atoms with van der Waals surface area (Å²) in [6.07, 6.45) is 0.341. The fourth-order valence-electron chi connectivity index (χ4n) is 2.02. The van der Waals surface area contributed by atoms with E-state index in [9.17, 15) is 0 Å². The van der Waals surface area contributed by atoms with Crippen LogP contribution in [-0.2, 0) is 19.6 Å². The number of epoxide rings is 1. The molecule has 0 amide bonds. The fourth-order valence-corrected chi connectivity index (χ4v) is 2.02. The Morgan fingerprint density at radius 3 is 2.56 bits per heavy atom. The molecule has 1 aromatic rings. The van der Waals surface area contributed by atoms with Crippen LogP contribution in [0.5, 0.6) is 0 Å². The van der Waals surface area contributed by atoms with Crippen LogP contribution in [0.1, 0.15) is 5.56 Å². The summed E-state index contributed by atoms with van der Waals surface area (Å²) in [7, 11) is 0. The molecule has 0 aliphatic carbocycles. The predicted octanol–water partition coefficient (Wildman–Crippen LogP) is 1.37. The maximum absolute atomic E-state index is 5.71. The third kappa shape index (κ3) is 1.98. The molecule has 1 unspecified atom stereocenters. The number of hydrogen-bond donors (Lipinski definition) is 0. The number of ether oxygens (including phenoxy) is 3. The van der Waals surface area contributed by atoms with Gasteiger partial charge in [0.1, 0.15) is 6.10 Å². The summed E-state index contributed by atoms with van der Waals surface area (Å²) in [6.45, 7) is 3.84. The average Bonchev–Trinajstić information content (AvgIpc) is 3.07.